The molecule has 13 heavy (non-hydrogen) atoms. The monoisotopic (exact) mass is 415 g/mol. The number of nitrogens with zero attached hydrogens (tertiary/aromatic N) is 1. The normalized spacial score (nSPS) is 11.5. The van der Waals surface area contributed by atoms with E-state index in [1.54, 1.807) is 22.6 Å². The topological polar surface area (TPSA) is 22.1 Å². The van der Waals surface area contributed by atoms with E-state index in [2.05, 4.69) is 9.72 Å². The number of halogens is 5. The summed E-state index contributed by atoms with van der Waals surface area (Å²) in [6.07, 6.45) is -3.20. The van der Waals surface area contributed by atoms with Crippen molar-refractivity contribution >= 4 is 45.2 Å². The van der Waals surface area contributed by atoms with Crippen molar-refractivity contribution in [3.63, 3.8) is 0 Å². The third kappa shape index (κ3) is 3.83. The van der Waals surface area contributed by atoms with Crippen LogP contribution in [-0.4, -0.2) is 11.3 Å². The van der Waals surface area contributed by atoms with Crippen LogP contribution in [0.5, 0.6) is 5.75 Å². The summed E-state index contributed by atoms with van der Waals surface area (Å²) in [4.78, 5) is 3.72. The Labute approximate surface area is 99.1 Å². The van der Waals surface area contributed by atoms with E-state index in [0.717, 1.165) is 0 Å². The number of ether oxygens (including phenoxy) is 1. The zero-order valence-corrected chi connectivity index (χ0v) is 10.2. The molecule has 0 saturated carbocycles. The van der Waals surface area contributed by atoms with Crippen LogP contribution in [0.2, 0.25) is 0 Å². The third-order valence-corrected chi connectivity index (χ3v) is 2.40. The van der Waals surface area contributed by atoms with Gasteiger partial charge in [0.25, 0.3) is 0 Å². The summed E-state index contributed by atoms with van der Waals surface area (Å²) in [5.74, 6) is -0.264. The summed E-state index contributed by atoms with van der Waals surface area (Å²) >= 11 is 3.54. The summed E-state index contributed by atoms with van der Waals surface area (Å²) in [5.41, 5.74) is 0. The van der Waals surface area contributed by atoms with Gasteiger partial charge in [-0.2, -0.15) is 0 Å². The SMILES string of the molecule is FC(F)(F)Oc1cc(I)cnc1I. The lowest BCUT2D eigenvalue weighted by Gasteiger charge is -2.09. The molecule has 0 amide bonds. The largest absolute Gasteiger partial charge is 0.573 e. The molecule has 7 heteroatoms. The predicted molar refractivity (Wildman–Crippen MR) is 56.4 cm³/mol. The van der Waals surface area contributed by atoms with Crippen molar-refractivity contribution in [2.75, 3.05) is 0 Å². The molecule has 0 radical (unpaired) electrons. The number of alkyl halides is 3. The van der Waals surface area contributed by atoms with Gasteiger partial charge in [0.05, 0.1) is 0 Å². The van der Waals surface area contributed by atoms with Crippen LogP contribution in [0.3, 0.4) is 0 Å². The molecule has 2 nitrogen and oxygen atoms in total. The highest BCUT2D eigenvalue weighted by molar-refractivity contribution is 14.1. The molecule has 72 valence electrons. The van der Waals surface area contributed by atoms with Crippen LogP contribution in [0.25, 0.3) is 0 Å². The molecule has 1 rings (SSSR count). The van der Waals surface area contributed by atoms with Crippen molar-refractivity contribution in [1.29, 1.82) is 0 Å². The van der Waals surface area contributed by atoms with Crippen LogP contribution in [-0.2, 0) is 0 Å². The molecule has 0 N–H and O–H groups in total. The first-order valence-electron chi connectivity index (χ1n) is 2.95. The van der Waals surface area contributed by atoms with Crippen LogP contribution >= 0.6 is 45.2 Å². The standard InChI is InChI=1S/C6H2F3I2NO/c7-6(8,9)13-4-1-3(10)2-12-5(4)11/h1-2H. The Hall–Kier alpha value is 0.200. The molecule has 0 unspecified atom stereocenters. The average Bonchev–Trinajstić information content (AvgIpc) is 1.94. The van der Waals surface area contributed by atoms with Gasteiger partial charge in [-0.1, -0.05) is 0 Å². The number of hydrogen-bond acceptors (Lipinski definition) is 2. The fraction of sp³-hybridized carbons (Fsp3) is 0.167. The van der Waals surface area contributed by atoms with Crippen molar-refractivity contribution in [2.45, 2.75) is 6.36 Å². The van der Waals surface area contributed by atoms with E-state index in [9.17, 15) is 13.2 Å². The maximum absolute atomic E-state index is 11.8. The van der Waals surface area contributed by atoms with Crippen molar-refractivity contribution < 1.29 is 17.9 Å². The van der Waals surface area contributed by atoms with Gasteiger partial charge in [0.15, 0.2) is 5.75 Å². The van der Waals surface area contributed by atoms with E-state index in [4.69, 9.17) is 0 Å². The molecule has 1 aromatic rings. The van der Waals surface area contributed by atoms with Crippen LogP contribution in [0.1, 0.15) is 0 Å². The first-order valence-corrected chi connectivity index (χ1v) is 5.11. The van der Waals surface area contributed by atoms with Crippen LogP contribution in [0.15, 0.2) is 12.3 Å². The van der Waals surface area contributed by atoms with E-state index in [-0.39, 0.29) is 9.45 Å². The minimum atomic E-state index is -4.66. The van der Waals surface area contributed by atoms with Gasteiger partial charge in [0.1, 0.15) is 3.70 Å². The first kappa shape index (κ1) is 11.3. The lowest BCUT2D eigenvalue weighted by Crippen LogP contribution is -2.18. The van der Waals surface area contributed by atoms with Gasteiger partial charge in [0, 0.05) is 9.77 Å². The fourth-order valence-corrected chi connectivity index (χ4v) is 1.43. The molecule has 0 aliphatic heterocycles. The molecule has 1 aromatic heterocycles. The second kappa shape index (κ2) is 4.15. The molecule has 0 spiro atoms. The second-order valence-corrected chi connectivity index (χ2v) is 4.26. The summed E-state index contributed by atoms with van der Waals surface area (Å²) in [6.45, 7) is 0. The summed E-state index contributed by atoms with van der Waals surface area (Å²) < 4.78 is 39.9. The molecule has 0 aliphatic carbocycles. The lowest BCUT2D eigenvalue weighted by atomic mass is 10.5. The Morgan fingerprint density at radius 3 is 2.46 bits per heavy atom. The lowest BCUT2D eigenvalue weighted by molar-refractivity contribution is -0.275. The van der Waals surface area contributed by atoms with Gasteiger partial charge in [-0.25, -0.2) is 4.98 Å². The molecule has 1 heterocycles. The molecular weight excluding hydrogens is 413 g/mol. The van der Waals surface area contributed by atoms with E-state index in [1.807, 2.05) is 22.6 Å². The molecule has 0 aliphatic rings. The van der Waals surface area contributed by atoms with Crippen LogP contribution in [0, 0.1) is 7.27 Å². The van der Waals surface area contributed by atoms with Gasteiger partial charge >= 0.3 is 6.36 Å². The molecule has 0 bridgehead atoms. The second-order valence-electron chi connectivity index (χ2n) is 1.99. The first-order chi connectivity index (χ1) is 5.88. The van der Waals surface area contributed by atoms with Crippen molar-refractivity contribution in [1.82, 2.24) is 4.98 Å². The zero-order valence-electron chi connectivity index (χ0n) is 5.90. The van der Waals surface area contributed by atoms with Crippen molar-refractivity contribution in [3.05, 3.63) is 19.5 Å². The summed E-state index contributed by atoms with van der Waals surface area (Å²) in [7, 11) is 0. The van der Waals surface area contributed by atoms with Gasteiger partial charge in [-0.05, 0) is 51.2 Å². The van der Waals surface area contributed by atoms with E-state index in [1.165, 1.54) is 12.3 Å². The summed E-state index contributed by atoms with van der Waals surface area (Å²) in [5, 5.41) is 0. The van der Waals surface area contributed by atoms with Gasteiger partial charge in [-0.15, -0.1) is 13.2 Å². The zero-order chi connectivity index (χ0) is 10.1. The number of aromatic nitrogens is 1. The van der Waals surface area contributed by atoms with Crippen LogP contribution < -0.4 is 4.74 Å². The Morgan fingerprint density at radius 1 is 1.31 bits per heavy atom. The highest BCUT2D eigenvalue weighted by Gasteiger charge is 2.32. The summed E-state index contributed by atoms with van der Waals surface area (Å²) in [6, 6.07) is 1.28. The molecule has 0 saturated heterocycles. The van der Waals surface area contributed by atoms with E-state index < -0.39 is 6.36 Å². The minimum Gasteiger partial charge on any atom is -0.403 e. The Balaban J connectivity index is 2.94. The Bertz CT molecular complexity index is 315. The fourth-order valence-electron chi connectivity index (χ4n) is 0.600. The molecule has 0 aromatic carbocycles. The van der Waals surface area contributed by atoms with E-state index >= 15 is 0 Å². The smallest absolute Gasteiger partial charge is 0.403 e. The van der Waals surface area contributed by atoms with E-state index in [0.29, 0.717) is 3.57 Å². The van der Waals surface area contributed by atoms with Gasteiger partial charge in [-0.3, -0.25) is 0 Å². The van der Waals surface area contributed by atoms with Gasteiger partial charge in [0.2, 0.25) is 0 Å². The molecular formula is C6H2F3I2NO. The Morgan fingerprint density at radius 2 is 1.92 bits per heavy atom. The highest BCUT2D eigenvalue weighted by Crippen LogP contribution is 2.27. The quantitative estimate of drug-likeness (QED) is 0.520. The predicted octanol–water partition coefficient (Wildman–Crippen LogP) is 3.19. The highest BCUT2D eigenvalue weighted by atomic mass is 127. The maximum atomic E-state index is 11.8. The number of rotatable bonds is 1. The third-order valence-electron chi connectivity index (χ3n) is 0.999. The molecule has 0 fully saturated rings. The van der Waals surface area contributed by atoms with Crippen molar-refractivity contribution in [2.24, 2.45) is 0 Å². The van der Waals surface area contributed by atoms with Gasteiger partial charge < -0.3 is 4.74 Å². The molecule has 0 atom stereocenters. The average molecular weight is 415 g/mol. The minimum absolute atomic E-state index is 0.190. The number of hydrogen-bond donors (Lipinski definition) is 0. The van der Waals surface area contributed by atoms with Crippen molar-refractivity contribution in [3.8, 4) is 5.75 Å². The maximum Gasteiger partial charge on any atom is 0.573 e. The Kier molecular flexibility index (Phi) is 3.60. The number of pyridine rings is 1. The van der Waals surface area contributed by atoms with Crippen LogP contribution in [0.4, 0.5) is 13.2 Å².